The van der Waals surface area contributed by atoms with Crippen LogP contribution in [0.2, 0.25) is 0 Å². The van der Waals surface area contributed by atoms with Gasteiger partial charge in [0.2, 0.25) is 0 Å². The zero-order valence-corrected chi connectivity index (χ0v) is 15.8. The molecule has 3 heterocycles. The summed E-state index contributed by atoms with van der Waals surface area (Å²) in [7, 11) is 0. The summed E-state index contributed by atoms with van der Waals surface area (Å²) in [5, 5.41) is 11.5. The summed E-state index contributed by atoms with van der Waals surface area (Å²) in [5.74, 6) is -0.347. The lowest BCUT2D eigenvalue weighted by molar-refractivity contribution is -0.173. The number of thiophene rings is 1. The topological polar surface area (TPSA) is 59.0 Å². The predicted octanol–water partition coefficient (Wildman–Crippen LogP) is 4.51. The molecule has 2 aromatic rings. The number of fused-ring (bicyclic) bond motifs is 1. The van der Waals surface area contributed by atoms with Gasteiger partial charge in [-0.1, -0.05) is 6.07 Å². The van der Waals surface area contributed by atoms with Crippen molar-refractivity contribution in [1.82, 2.24) is 15.1 Å². The minimum atomic E-state index is -4.47. The standard InChI is InChI=1S/C15H16BrF3N4OS/c1-7(2)20-14(24)12-11(16)13-21-8(9-4-3-5-25-9)6-10(15(17,18)19)23(13)22-12/h3-5,7-8,10,21H,6H2,1-2H3,(H,20,24). The molecule has 2 unspecified atom stereocenters. The van der Waals surface area contributed by atoms with Crippen molar-refractivity contribution < 1.29 is 18.0 Å². The normalized spacial score (nSPS) is 20.3. The summed E-state index contributed by atoms with van der Waals surface area (Å²) in [5.41, 5.74) is -0.0581. The number of anilines is 1. The van der Waals surface area contributed by atoms with Crippen molar-refractivity contribution in [3.8, 4) is 0 Å². The van der Waals surface area contributed by atoms with Gasteiger partial charge in [0.25, 0.3) is 5.91 Å². The minimum absolute atomic E-state index is 0.0581. The van der Waals surface area contributed by atoms with Gasteiger partial charge in [-0.15, -0.1) is 11.3 Å². The first-order chi connectivity index (χ1) is 11.7. The first-order valence-corrected chi connectivity index (χ1v) is 9.31. The molecule has 2 aromatic heterocycles. The molecular weight excluding hydrogens is 421 g/mol. The maximum atomic E-state index is 13.6. The number of carbonyl (C=O) groups is 1. The Bertz CT molecular complexity index is 773. The fourth-order valence-corrected chi connectivity index (χ4v) is 4.09. The van der Waals surface area contributed by atoms with Gasteiger partial charge in [-0.3, -0.25) is 4.79 Å². The van der Waals surface area contributed by atoms with Crippen LogP contribution < -0.4 is 10.6 Å². The molecule has 2 N–H and O–H groups in total. The van der Waals surface area contributed by atoms with Gasteiger partial charge < -0.3 is 10.6 Å². The van der Waals surface area contributed by atoms with Gasteiger partial charge in [-0.25, -0.2) is 4.68 Å². The molecule has 136 valence electrons. The van der Waals surface area contributed by atoms with E-state index in [1.807, 2.05) is 5.38 Å². The molecule has 25 heavy (non-hydrogen) atoms. The van der Waals surface area contributed by atoms with E-state index >= 15 is 0 Å². The van der Waals surface area contributed by atoms with Crippen LogP contribution in [0.3, 0.4) is 0 Å². The molecule has 0 saturated carbocycles. The summed E-state index contributed by atoms with van der Waals surface area (Å²) >= 11 is 4.63. The molecule has 10 heteroatoms. The van der Waals surface area contributed by atoms with Gasteiger partial charge in [0, 0.05) is 17.3 Å². The van der Waals surface area contributed by atoms with Crippen LogP contribution in [-0.2, 0) is 0 Å². The molecule has 0 radical (unpaired) electrons. The Labute approximate surface area is 154 Å². The maximum absolute atomic E-state index is 13.6. The number of hydrogen-bond acceptors (Lipinski definition) is 4. The summed E-state index contributed by atoms with van der Waals surface area (Å²) < 4.78 is 41.9. The second kappa shape index (κ2) is 6.64. The van der Waals surface area contributed by atoms with E-state index in [1.54, 1.807) is 26.0 Å². The number of rotatable bonds is 3. The fourth-order valence-electron chi connectivity index (χ4n) is 2.74. The Morgan fingerprint density at radius 1 is 1.52 bits per heavy atom. The van der Waals surface area contributed by atoms with Crippen LogP contribution in [0, 0.1) is 0 Å². The highest BCUT2D eigenvalue weighted by Crippen LogP contribution is 2.46. The van der Waals surface area contributed by atoms with Crippen LogP contribution in [-0.4, -0.2) is 27.9 Å². The van der Waals surface area contributed by atoms with E-state index in [2.05, 4.69) is 31.7 Å². The number of nitrogens with zero attached hydrogens (tertiary/aromatic N) is 2. The Morgan fingerprint density at radius 3 is 2.80 bits per heavy atom. The van der Waals surface area contributed by atoms with Crippen molar-refractivity contribution in [2.24, 2.45) is 0 Å². The number of hydrogen-bond donors (Lipinski definition) is 2. The van der Waals surface area contributed by atoms with Crippen LogP contribution in [0.5, 0.6) is 0 Å². The third-order valence-corrected chi connectivity index (χ3v) is 5.55. The molecular formula is C15H16BrF3N4OS. The SMILES string of the molecule is CC(C)NC(=O)c1nn2c(c1Br)NC(c1cccs1)CC2C(F)(F)F. The molecule has 3 rings (SSSR count). The van der Waals surface area contributed by atoms with Gasteiger partial charge in [0.05, 0.1) is 10.5 Å². The van der Waals surface area contributed by atoms with Gasteiger partial charge in [0.15, 0.2) is 11.7 Å². The Kier molecular flexibility index (Phi) is 4.84. The Hall–Kier alpha value is -1.55. The van der Waals surface area contributed by atoms with E-state index < -0.39 is 24.2 Å². The van der Waals surface area contributed by atoms with Crippen molar-refractivity contribution in [2.75, 3.05) is 5.32 Å². The van der Waals surface area contributed by atoms with Crippen molar-refractivity contribution in [3.05, 3.63) is 32.6 Å². The van der Waals surface area contributed by atoms with Crippen LogP contribution in [0.1, 0.15) is 47.7 Å². The van der Waals surface area contributed by atoms with Crippen LogP contribution in [0.4, 0.5) is 19.0 Å². The molecule has 0 spiro atoms. The van der Waals surface area contributed by atoms with Crippen LogP contribution in [0.25, 0.3) is 0 Å². The van der Waals surface area contributed by atoms with Gasteiger partial charge in [-0.2, -0.15) is 18.3 Å². The van der Waals surface area contributed by atoms with Crippen LogP contribution >= 0.6 is 27.3 Å². The molecule has 1 aliphatic heterocycles. The number of halogens is 4. The average molecular weight is 437 g/mol. The Morgan fingerprint density at radius 2 is 2.24 bits per heavy atom. The van der Waals surface area contributed by atoms with E-state index in [-0.39, 0.29) is 28.4 Å². The number of carbonyl (C=O) groups excluding carboxylic acids is 1. The smallest absolute Gasteiger partial charge is 0.362 e. The number of nitrogens with one attached hydrogen (secondary N) is 2. The van der Waals surface area contributed by atoms with E-state index in [0.29, 0.717) is 0 Å². The maximum Gasteiger partial charge on any atom is 0.410 e. The minimum Gasteiger partial charge on any atom is -0.362 e. The molecule has 2 atom stereocenters. The fraction of sp³-hybridized carbons (Fsp3) is 0.467. The van der Waals surface area contributed by atoms with Gasteiger partial charge in [0.1, 0.15) is 5.82 Å². The second-order valence-corrected chi connectivity index (χ2v) is 7.86. The highest BCUT2D eigenvalue weighted by molar-refractivity contribution is 9.10. The molecule has 0 aliphatic carbocycles. The van der Waals surface area contributed by atoms with E-state index in [4.69, 9.17) is 0 Å². The summed E-state index contributed by atoms with van der Waals surface area (Å²) in [6, 6.07) is 1.15. The molecule has 0 fully saturated rings. The average Bonchev–Trinajstić information content (AvgIpc) is 3.13. The molecule has 0 saturated heterocycles. The lowest BCUT2D eigenvalue weighted by atomic mass is 10.0. The zero-order valence-electron chi connectivity index (χ0n) is 13.4. The number of amides is 1. The summed E-state index contributed by atoms with van der Waals surface area (Å²) in [6.07, 6.45) is -4.65. The quantitative estimate of drug-likeness (QED) is 0.744. The zero-order chi connectivity index (χ0) is 18.4. The van der Waals surface area contributed by atoms with E-state index in [0.717, 1.165) is 9.56 Å². The molecule has 5 nitrogen and oxygen atoms in total. The Balaban J connectivity index is 2.03. The van der Waals surface area contributed by atoms with Crippen molar-refractivity contribution in [2.45, 2.75) is 44.6 Å². The molecule has 0 bridgehead atoms. The van der Waals surface area contributed by atoms with E-state index in [1.165, 1.54) is 11.3 Å². The first kappa shape index (κ1) is 18.2. The largest absolute Gasteiger partial charge is 0.410 e. The lowest BCUT2D eigenvalue weighted by Gasteiger charge is -2.33. The summed E-state index contributed by atoms with van der Waals surface area (Å²) in [6.45, 7) is 3.54. The second-order valence-electron chi connectivity index (χ2n) is 6.09. The molecule has 1 amide bonds. The lowest BCUT2D eigenvalue weighted by Crippen LogP contribution is -2.35. The monoisotopic (exact) mass is 436 g/mol. The van der Waals surface area contributed by atoms with Crippen molar-refractivity contribution in [1.29, 1.82) is 0 Å². The van der Waals surface area contributed by atoms with E-state index in [9.17, 15) is 18.0 Å². The number of alkyl halides is 3. The number of aromatic nitrogens is 2. The predicted molar refractivity (Wildman–Crippen MR) is 92.9 cm³/mol. The molecule has 0 aromatic carbocycles. The summed E-state index contributed by atoms with van der Waals surface area (Å²) in [4.78, 5) is 13.0. The first-order valence-electron chi connectivity index (χ1n) is 7.64. The molecule has 1 aliphatic rings. The van der Waals surface area contributed by atoms with Crippen molar-refractivity contribution in [3.63, 3.8) is 0 Å². The van der Waals surface area contributed by atoms with Crippen LogP contribution in [0.15, 0.2) is 22.0 Å². The third-order valence-electron chi connectivity index (χ3n) is 3.82. The van der Waals surface area contributed by atoms with Gasteiger partial charge in [-0.05, 0) is 41.2 Å². The van der Waals surface area contributed by atoms with Crippen molar-refractivity contribution >= 4 is 39.0 Å². The highest BCUT2D eigenvalue weighted by Gasteiger charge is 2.47. The highest BCUT2D eigenvalue weighted by atomic mass is 79.9. The van der Waals surface area contributed by atoms with Gasteiger partial charge >= 0.3 is 6.18 Å². The third kappa shape index (κ3) is 3.55.